The second-order valence-electron chi connectivity index (χ2n) is 5.68. The van der Waals surface area contributed by atoms with Crippen molar-refractivity contribution in [1.29, 1.82) is 0 Å². The highest BCUT2D eigenvalue weighted by Crippen LogP contribution is 2.26. The second kappa shape index (κ2) is 7.67. The highest BCUT2D eigenvalue weighted by atomic mass is 79.9. The van der Waals surface area contributed by atoms with Gasteiger partial charge >= 0.3 is 0 Å². The van der Waals surface area contributed by atoms with E-state index in [1.54, 1.807) is 12.1 Å². The molecule has 0 aromatic heterocycles. The molecule has 2 aromatic rings. The molecule has 1 heterocycles. The lowest BCUT2D eigenvalue weighted by Crippen LogP contribution is -2.43. The van der Waals surface area contributed by atoms with Crippen LogP contribution in [0.1, 0.15) is 37.5 Å². The van der Waals surface area contributed by atoms with Gasteiger partial charge in [-0.25, -0.2) is 4.39 Å². The fraction of sp³-hybridized carbons (Fsp3) is 0.111. The minimum Gasteiger partial charge on any atom is -0.274 e. The van der Waals surface area contributed by atoms with E-state index in [-0.39, 0.29) is 29.7 Å². The van der Waals surface area contributed by atoms with Crippen LogP contribution in [0.3, 0.4) is 0 Å². The molecule has 4 amide bonds. The molecule has 0 spiro atoms. The van der Waals surface area contributed by atoms with Crippen LogP contribution >= 0.6 is 15.9 Å². The normalized spacial score (nSPS) is 12.7. The molecule has 3 rings (SSSR count). The third-order valence-corrected chi connectivity index (χ3v) is 4.42. The summed E-state index contributed by atoms with van der Waals surface area (Å²) in [5.74, 6) is -3.13. The van der Waals surface area contributed by atoms with Crippen molar-refractivity contribution in [1.82, 2.24) is 15.8 Å². The van der Waals surface area contributed by atoms with Gasteiger partial charge in [-0.2, -0.15) is 0 Å². The summed E-state index contributed by atoms with van der Waals surface area (Å²) in [4.78, 5) is 49.2. The van der Waals surface area contributed by atoms with Crippen molar-refractivity contribution in [2.75, 3.05) is 6.54 Å². The van der Waals surface area contributed by atoms with Crippen LogP contribution in [0, 0.1) is 5.82 Å². The van der Waals surface area contributed by atoms with Crippen LogP contribution in [0.5, 0.6) is 0 Å². The topological polar surface area (TPSA) is 95.6 Å². The third kappa shape index (κ3) is 3.87. The molecule has 0 bridgehead atoms. The van der Waals surface area contributed by atoms with Gasteiger partial charge in [0, 0.05) is 17.4 Å². The summed E-state index contributed by atoms with van der Waals surface area (Å²) in [6, 6.07) is 10.0. The number of benzene rings is 2. The van der Waals surface area contributed by atoms with E-state index >= 15 is 0 Å². The van der Waals surface area contributed by atoms with E-state index in [1.165, 1.54) is 24.3 Å². The van der Waals surface area contributed by atoms with E-state index in [9.17, 15) is 23.6 Å². The van der Waals surface area contributed by atoms with E-state index in [4.69, 9.17) is 0 Å². The van der Waals surface area contributed by atoms with Gasteiger partial charge in [0.2, 0.25) is 5.91 Å². The molecule has 0 fully saturated rings. The maximum absolute atomic E-state index is 13.5. The smallest absolute Gasteiger partial charge is 0.272 e. The molecule has 0 unspecified atom stereocenters. The van der Waals surface area contributed by atoms with Crippen molar-refractivity contribution in [3.8, 4) is 0 Å². The molecule has 9 heteroatoms. The lowest BCUT2D eigenvalue weighted by molar-refractivity contribution is -0.121. The third-order valence-electron chi connectivity index (χ3n) is 3.93. The average molecular weight is 434 g/mol. The number of hydrogen-bond donors (Lipinski definition) is 2. The van der Waals surface area contributed by atoms with Crippen molar-refractivity contribution in [2.45, 2.75) is 6.42 Å². The first kappa shape index (κ1) is 18.7. The Morgan fingerprint density at radius 1 is 1.00 bits per heavy atom. The molecule has 1 aliphatic rings. The first-order valence-electron chi connectivity index (χ1n) is 7.88. The van der Waals surface area contributed by atoms with Crippen LogP contribution in [-0.2, 0) is 4.79 Å². The Labute approximate surface area is 161 Å². The average Bonchev–Trinajstić information content (AvgIpc) is 2.88. The van der Waals surface area contributed by atoms with E-state index in [1.807, 2.05) is 0 Å². The van der Waals surface area contributed by atoms with Gasteiger partial charge < -0.3 is 0 Å². The Hall–Kier alpha value is -3.07. The first-order chi connectivity index (χ1) is 12.9. The van der Waals surface area contributed by atoms with Crippen LogP contribution in [-0.4, -0.2) is 35.1 Å². The van der Waals surface area contributed by atoms with E-state index < -0.39 is 29.4 Å². The quantitative estimate of drug-likeness (QED) is 0.569. The lowest BCUT2D eigenvalue weighted by atomic mass is 10.1. The van der Waals surface area contributed by atoms with Crippen molar-refractivity contribution in [3.63, 3.8) is 0 Å². The molecule has 0 atom stereocenters. The molecule has 2 N–H and O–H groups in total. The van der Waals surface area contributed by atoms with Gasteiger partial charge in [-0.15, -0.1) is 0 Å². The fourth-order valence-corrected chi connectivity index (χ4v) is 2.94. The Bertz CT molecular complexity index is 963. The number of carbonyl (C=O) groups is 4. The molecule has 0 saturated carbocycles. The van der Waals surface area contributed by atoms with Crippen molar-refractivity contribution >= 4 is 39.6 Å². The number of rotatable bonds is 4. The maximum atomic E-state index is 13.5. The summed E-state index contributed by atoms with van der Waals surface area (Å²) in [6.45, 7) is -0.147. The molecular formula is C18H13BrFN3O4. The van der Waals surface area contributed by atoms with Crippen LogP contribution in [0.2, 0.25) is 0 Å². The van der Waals surface area contributed by atoms with Gasteiger partial charge in [-0.3, -0.25) is 34.9 Å². The zero-order valence-electron chi connectivity index (χ0n) is 13.8. The van der Waals surface area contributed by atoms with Gasteiger partial charge in [0.15, 0.2) is 0 Å². The summed E-state index contributed by atoms with van der Waals surface area (Å²) in [6.07, 6.45) is -0.218. The number of hydrazine groups is 1. The zero-order chi connectivity index (χ0) is 19.6. The molecule has 0 saturated heterocycles. The number of nitrogens with one attached hydrogen (secondary N) is 2. The Morgan fingerprint density at radius 2 is 1.70 bits per heavy atom. The summed E-state index contributed by atoms with van der Waals surface area (Å²) >= 11 is 3.24. The highest BCUT2D eigenvalue weighted by molar-refractivity contribution is 9.10. The number of fused-ring (bicyclic) bond motifs is 1. The van der Waals surface area contributed by atoms with Crippen molar-refractivity contribution in [2.24, 2.45) is 0 Å². The Kier molecular flexibility index (Phi) is 5.31. The molecule has 2 aromatic carbocycles. The van der Waals surface area contributed by atoms with Gasteiger partial charge in [0.05, 0.1) is 16.7 Å². The number of hydrogen-bond acceptors (Lipinski definition) is 4. The lowest BCUT2D eigenvalue weighted by Gasteiger charge is -2.13. The van der Waals surface area contributed by atoms with Crippen LogP contribution in [0.4, 0.5) is 4.39 Å². The molecule has 0 aliphatic carbocycles. The summed E-state index contributed by atoms with van der Waals surface area (Å²) < 4.78 is 14.2. The minimum atomic E-state index is -0.813. The van der Waals surface area contributed by atoms with E-state index in [0.717, 1.165) is 11.0 Å². The number of carbonyl (C=O) groups excluding carboxylic acids is 4. The molecule has 7 nitrogen and oxygen atoms in total. The van der Waals surface area contributed by atoms with E-state index in [2.05, 4.69) is 26.8 Å². The minimum absolute atomic E-state index is 0.147. The Balaban J connectivity index is 1.54. The van der Waals surface area contributed by atoms with Crippen LogP contribution < -0.4 is 10.9 Å². The fourth-order valence-electron chi connectivity index (χ4n) is 2.58. The first-order valence-corrected chi connectivity index (χ1v) is 8.67. The largest absolute Gasteiger partial charge is 0.274 e. The number of halogens is 2. The molecule has 27 heavy (non-hydrogen) atoms. The van der Waals surface area contributed by atoms with Gasteiger partial charge in [-0.05, 0) is 30.3 Å². The van der Waals surface area contributed by atoms with Crippen LogP contribution in [0.25, 0.3) is 0 Å². The summed E-state index contributed by atoms with van der Waals surface area (Å²) in [5.41, 5.74) is 4.54. The van der Waals surface area contributed by atoms with Gasteiger partial charge in [0.25, 0.3) is 17.7 Å². The standard InChI is InChI=1S/C18H13BrFN3O4/c19-10-5-6-11-13(9-10)18(27)23(17(11)26)8-7-15(24)21-22-16(25)12-3-1-2-4-14(12)20/h1-6,9H,7-8H2,(H,21,24)(H,22,25). The molecule has 1 aliphatic heterocycles. The van der Waals surface area contributed by atoms with Crippen molar-refractivity contribution in [3.05, 3.63) is 69.4 Å². The van der Waals surface area contributed by atoms with Gasteiger partial charge in [-0.1, -0.05) is 28.1 Å². The predicted octanol–water partition coefficient (Wildman–Crippen LogP) is 2.04. The SMILES string of the molecule is O=C(CCN1C(=O)c2ccc(Br)cc2C1=O)NNC(=O)c1ccccc1F. The number of amides is 4. The highest BCUT2D eigenvalue weighted by Gasteiger charge is 2.35. The monoisotopic (exact) mass is 433 g/mol. The predicted molar refractivity (Wildman–Crippen MR) is 96.1 cm³/mol. The molecular weight excluding hydrogens is 421 g/mol. The molecule has 138 valence electrons. The Morgan fingerprint density at radius 3 is 2.44 bits per heavy atom. The second-order valence-corrected chi connectivity index (χ2v) is 6.60. The number of nitrogens with zero attached hydrogens (tertiary/aromatic N) is 1. The number of imide groups is 1. The molecule has 0 radical (unpaired) electrons. The van der Waals surface area contributed by atoms with Crippen molar-refractivity contribution < 1.29 is 23.6 Å². The van der Waals surface area contributed by atoms with Crippen LogP contribution in [0.15, 0.2) is 46.9 Å². The summed E-state index contributed by atoms with van der Waals surface area (Å²) in [7, 11) is 0. The van der Waals surface area contributed by atoms with Gasteiger partial charge in [0.1, 0.15) is 5.82 Å². The van der Waals surface area contributed by atoms with E-state index in [0.29, 0.717) is 4.47 Å². The summed E-state index contributed by atoms with van der Waals surface area (Å²) in [5, 5.41) is 0. The zero-order valence-corrected chi connectivity index (χ0v) is 15.4. The maximum Gasteiger partial charge on any atom is 0.272 e.